The Balaban J connectivity index is 2.30. The molecule has 0 aliphatic heterocycles. The second kappa shape index (κ2) is 4.97. The number of hydrogen-bond acceptors (Lipinski definition) is 2. The largest absolute Gasteiger partial charge is 0.327 e. The molecule has 2 N–H and O–H groups in total. The fraction of sp³-hybridized carbons (Fsp3) is 1.00. The van der Waals surface area contributed by atoms with Gasteiger partial charge in [0, 0.05) is 27.8 Å². The van der Waals surface area contributed by atoms with Crippen molar-refractivity contribution in [3.8, 4) is 0 Å². The van der Waals surface area contributed by atoms with Crippen LogP contribution in [0.2, 0.25) is 0 Å². The van der Waals surface area contributed by atoms with Gasteiger partial charge in [0.15, 0.2) is 0 Å². The van der Waals surface area contributed by atoms with Crippen molar-refractivity contribution in [3.63, 3.8) is 0 Å². The van der Waals surface area contributed by atoms with E-state index in [1.165, 1.54) is 19.3 Å². The SMILES string of the molecule is CC(N)CS(=O)C1CCCCC1. The summed E-state index contributed by atoms with van der Waals surface area (Å²) in [5.74, 6) is 0.685. The summed E-state index contributed by atoms with van der Waals surface area (Å²) in [6, 6.07) is 0.0905. The van der Waals surface area contributed by atoms with Gasteiger partial charge in [-0.1, -0.05) is 19.3 Å². The molecule has 0 aromatic heterocycles. The van der Waals surface area contributed by atoms with Crippen molar-refractivity contribution in [2.45, 2.75) is 50.3 Å². The second-order valence-electron chi connectivity index (χ2n) is 3.78. The van der Waals surface area contributed by atoms with Crippen LogP contribution < -0.4 is 5.73 Å². The monoisotopic (exact) mass is 189 g/mol. The summed E-state index contributed by atoms with van der Waals surface area (Å²) in [7, 11) is -0.662. The van der Waals surface area contributed by atoms with Crippen LogP contribution in [0.3, 0.4) is 0 Å². The Morgan fingerprint density at radius 1 is 1.42 bits per heavy atom. The van der Waals surface area contributed by atoms with Gasteiger partial charge >= 0.3 is 0 Å². The molecule has 0 bridgehead atoms. The lowest BCUT2D eigenvalue weighted by molar-refractivity contribution is 0.503. The highest BCUT2D eigenvalue weighted by atomic mass is 32.2. The molecule has 0 saturated heterocycles. The zero-order valence-electron chi connectivity index (χ0n) is 7.79. The van der Waals surface area contributed by atoms with E-state index in [0.29, 0.717) is 11.0 Å². The van der Waals surface area contributed by atoms with Crippen molar-refractivity contribution < 1.29 is 4.21 Å². The van der Waals surface area contributed by atoms with E-state index in [9.17, 15) is 4.21 Å². The third kappa shape index (κ3) is 3.23. The third-order valence-corrected chi connectivity index (χ3v) is 4.42. The quantitative estimate of drug-likeness (QED) is 0.729. The minimum atomic E-state index is -0.662. The van der Waals surface area contributed by atoms with E-state index in [4.69, 9.17) is 5.73 Å². The van der Waals surface area contributed by atoms with E-state index < -0.39 is 10.8 Å². The van der Waals surface area contributed by atoms with Gasteiger partial charge in [0.25, 0.3) is 0 Å². The first-order valence-electron chi connectivity index (χ1n) is 4.83. The molecule has 0 radical (unpaired) electrons. The molecule has 1 rings (SSSR count). The molecule has 0 heterocycles. The van der Waals surface area contributed by atoms with Gasteiger partial charge in [0.1, 0.15) is 0 Å². The summed E-state index contributed by atoms with van der Waals surface area (Å²) in [4.78, 5) is 0. The maximum Gasteiger partial charge on any atom is 0.0386 e. The maximum absolute atomic E-state index is 11.6. The van der Waals surface area contributed by atoms with Crippen molar-refractivity contribution in [1.82, 2.24) is 0 Å². The Morgan fingerprint density at radius 3 is 2.50 bits per heavy atom. The first-order valence-corrected chi connectivity index (χ1v) is 6.21. The van der Waals surface area contributed by atoms with Crippen LogP contribution in [0, 0.1) is 0 Å². The van der Waals surface area contributed by atoms with Gasteiger partial charge in [-0.3, -0.25) is 4.21 Å². The van der Waals surface area contributed by atoms with Crippen LogP contribution in [0.1, 0.15) is 39.0 Å². The molecule has 1 aliphatic carbocycles. The number of nitrogens with two attached hydrogens (primary N) is 1. The van der Waals surface area contributed by atoms with Crippen molar-refractivity contribution in [3.05, 3.63) is 0 Å². The van der Waals surface area contributed by atoms with Gasteiger partial charge < -0.3 is 5.73 Å². The normalized spacial score (nSPS) is 25.2. The van der Waals surface area contributed by atoms with Crippen LogP contribution in [0.4, 0.5) is 0 Å². The van der Waals surface area contributed by atoms with Gasteiger partial charge in [-0.2, -0.15) is 0 Å². The van der Waals surface area contributed by atoms with Crippen LogP contribution in [0.15, 0.2) is 0 Å². The molecule has 0 spiro atoms. The Morgan fingerprint density at radius 2 is 2.00 bits per heavy atom. The molecule has 0 aromatic carbocycles. The minimum Gasteiger partial charge on any atom is -0.327 e. The summed E-state index contributed by atoms with van der Waals surface area (Å²) in [5, 5.41) is 0.449. The fourth-order valence-corrected chi connectivity index (χ4v) is 3.37. The average molecular weight is 189 g/mol. The van der Waals surface area contributed by atoms with Crippen molar-refractivity contribution in [1.29, 1.82) is 0 Å². The first kappa shape index (κ1) is 10.2. The Kier molecular flexibility index (Phi) is 4.22. The Hall–Kier alpha value is 0.110. The van der Waals surface area contributed by atoms with Crippen LogP contribution >= 0.6 is 0 Å². The lowest BCUT2D eigenvalue weighted by Gasteiger charge is -2.21. The van der Waals surface area contributed by atoms with E-state index in [-0.39, 0.29) is 6.04 Å². The lowest BCUT2D eigenvalue weighted by atomic mass is 10.0. The average Bonchev–Trinajstić information content (AvgIpc) is 2.05. The Bertz CT molecular complexity index is 153. The molecule has 0 amide bonds. The molecule has 2 atom stereocenters. The number of hydrogen-bond donors (Lipinski definition) is 1. The maximum atomic E-state index is 11.6. The van der Waals surface area contributed by atoms with E-state index in [1.54, 1.807) is 0 Å². The highest BCUT2D eigenvalue weighted by Crippen LogP contribution is 2.22. The van der Waals surface area contributed by atoms with Crippen molar-refractivity contribution in [2.24, 2.45) is 5.73 Å². The van der Waals surface area contributed by atoms with Crippen LogP contribution in [0.25, 0.3) is 0 Å². The summed E-state index contributed by atoms with van der Waals surface area (Å²) in [5.41, 5.74) is 5.61. The molecular formula is C9H19NOS. The smallest absolute Gasteiger partial charge is 0.0386 e. The van der Waals surface area contributed by atoms with Gasteiger partial charge in [-0.25, -0.2) is 0 Å². The molecule has 2 nitrogen and oxygen atoms in total. The molecule has 72 valence electrons. The van der Waals surface area contributed by atoms with Gasteiger partial charge in [0.05, 0.1) is 0 Å². The van der Waals surface area contributed by atoms with E-state index in [1.807, 2.05) is 6.92 Å². The highest BCUT2D eigenvalue weighted by Gasteiger charge is 2.19. The van der Waals surface area contributed by atoms with Crippen LogP contribution in [0.5, 0.6) is 0 Å². The third-order valence-electron chi connectivity index (χ3n) is 2.35. The van der Waals surface area contributed by atoms with E-state index in [0.717, 1.165) is 12.8 Å². The zero-order valence-corrected chi connectivity index (χ0v) is 8.61. The Labute approximate surface area is 77.4 Å². The van der Waals surface area contributed by atoms with Crippen LogP contribution in [-0.4, -0.2) is 21.3 Å². The molecule has 1 saturated carbocycles. The predicted octanol–water partition coefficient (Wildman–Crippen LogP) is 1.41. The molecule has 3 heteroatoms. The topological polar surface area (TPSA) is 43.1 Å². The summed E-state index contributed by atoms with van der Waals surface area (Å²) < 4.78 is 11.6. The van der Waals surface area contributed by atoms with E-state index in [2.05, 4.69) is 0 Å². The molecule has 1 aliphatic rings. The predicted molar refractivity (Wildman–Crippen MR) is 53.5 cm³/mol. The van der Waals surface area contributed by atoms with Crippen LogP contribution in [-0.2, 0) is 10.8 Å². The summed E-state index contributed by atoms with van der Waals surface area (Å²) in [6.07, 6.45) is 6.15. The van der Waals surface area contributed by atoms with Gasteiger partial charge in [-0.15, -0.1) is 0 Å². The summed E-state index contributed by atoms with van der Waals surface area (Å²) in [6.45, 7) is 1.93. The molecule has 0 aromatic rings. The molecule has 1 fully saturated rings. The fourth-order valence-electron chi connectivity index (χ4n) is 1.72. The van der Waals surface area contributed by atoms with E-state index >= 15 is 0 Å². The highest BCUT2D eigenvalue weighted by molar-refractivity contribution is 7.85. The zero-order chi connectivity index (χ0) is 8.97. The molecule has 2 unspecified atom stereocenters. The van der Waals surface area contributed by atoms with Gasteiger partial charge in [-0.05, 0) is 19.8 Å². The lowest BCUT2D eigenvalue weighted by Crippen LogP contribution is -2.29. The standard InChI is InChI=1S/C9H19NOS/c1-8(10)7-12(11)9-5-3-2-4-6-9/h8-9H,2-7,10H2,1H3. The molecular weight excluding hydrogens is 170 g/mol. The molecule has 12 heavy (non-hydrogen) atoms. The second-order valence-corrected chi connectivity index (χ2v) is 5.55. The minimum absolute atomic E-state index is 0.0905. The van der Waals surface area contributed by atoms with Crippen molar-refractivity contribution >= 4 is 10.8 Å². The van der Waals surface area contributed by atoms with Gasteiger partial charge in [0.2, 0.25) is 0 Å². The summed E-state index contributed by atoms with van der Waals surface area (Å²) >= 11 is 0. The first-order chi connectivity index (χ1) is 5.70. The van der Waals surface area contributed by atoms with Crippen molar-refractivity contribution in [2.75, 3.05) is 5.75 Å². The number of rotatable bonds is 3.